The molecular formula is C14H22N2O2. The smallest absolute Gasteiger partial charge is 0.236 e. The van der Waals surface area contributed by atoms with Crippen molar-refractivity contribution in [1.82, 2.24) is 5.32 Å². The maximum Gasteiger partial charge on any atom is 0.236 e. The molecule has 0 aromatic rings. The maximum atomic E-state index is 12.0. The van der Waals surface area contributed by atoms with E-state index in [2.05, 4.69) is 26.1 Å². The van der Waals surface area contributed by atoms with Gasteiger partial charge in [0.25, 0.3) is 0 Å². The van der Waals surface area contributed by atoms with Gasteiger partial charge in [-0.25, -0.2) is 0 Å². The number of hydrogen-bond donors (Lipinski definition) is 2. The van der Waals surface area contributed by atoms with Gasteiger partial charge in [0, 0.05) is 5.92 Å². The monoisotopic (exact) mass is 250 g/mol. The second-order valence-electron chi connectivity index (χ2n) is 7.25. The molecule has 0 heterocycles. The van der Waals surface area contributed by atoms with Crippen LogP contribution in [0.15, 0.2) is 0 Å². The average molecular weight is 250 g/mol. The first-order valence-corrected chi connectivity index (χ1v) is 6.84. The Morgan fingerprint density at radius 3 is 2.44 bits per heavy atom. The van der Waals surface area contributed by atoms with Crippen LogP contribution in [0.3, 0.4) is 0 Å². The molecule has 3 rings (SSSR count). The van der Waals surface area contributed by atoms with Crippen molar-refractivity contribution < 1.29 is 9.59 Å². The number of rotatable bonds is 3. The highest BCUT2D eigenvalue weighted by molar-refractivity contribution is 5.87. The van der Waals surface area contributed by atoms with E-state index in [1.807, 2.05) is 0 Å². The standard InChI is InChI=1S/C14H22N2O2/c1-13(2)7-4-8-11(12(18)16-6-10(15)17)14(8,3)5-9(7)13/h7-9,11H,4-6H2,1-3H3,(H2,15,17)(H,16,18)/t7-,8?,9+,11-,14+/m1/s1. The molecular weight excluding hydrogens is 228 g/mol. The topological polar surface area (TPSA) is 72.2 Å². The number of carbonyl (C=O) groups is 2. The first-order valence-electron chi connectivity index (χ1n) is 6.84. The van der Waals surface area contributed by atoms with Crippen LogP contribution in [0.25, 0.3) is 0 Å². The van der Waals surface area contributed by atoms with Crippen molar-refractivity contribution in [1.29, 1.82) is 0 Å². The predicted octanol–water partition coefficient (Wildman–Crippen LogP) is 0.906. The van der Waals surface area contributed by atoms with Gasteiger partial charge in [-0.15, -0.1) is 0 Å². The zero-order valence-corrected chi connectivity index (χ0v) is 11.3. The molecule has 2 amide bonds. The van der Waals surface area contributed by atoms with E-state index in [1.165, 1.54) is 12.8 Å². The zero-order chi connectivity index (χ0) is 13.3. The molecule has 3 aliphatic rings. The Balaban J connectivity index is 1.63. The SMILES string of the molecule is CC1(C)[C@@H]2CC3[C@H](C(=O)NCC(N)=O)[C@@]3(C)C[C@@H]21. The molecule has 3 saturated carbocycles. The number of nitrogens with two attached hydrogens (primary N) is 1. The number of carbonyl (C=O) groups excluding carboxylic acids is 2. The molecule has 0 aromatic carbocycles. The molecule has 0 spiro atoms. The normalized spacial score (nSPS) is 46.6. The van der Waals surface area contributed by atoms with Crippen LogP contribution in [-0.4, -0.2) is 18.4 Å². The minimum absolute atomic E-state index is 0.0282. The van der Waals surface area contributed by atoms with Crippen LogP contribution in [0.1, 0.15) is 33.6 Å². The van der Waals surface area contributed by atoms with E-state index < -0.39 is 5.91 Å². The summed E-state index contributed by atoms with van der Waals surface area (Å²) in [7, 11) is 0. The van der Waals surface area contributed by atoms with Crippen molar-refractivity contribution in [3.63, 3.8) is 0 Å². The third kappa shape index (κ3) is 1.44. The van der Waals surface area contributed by atoms with Crippen molar-refractivity contribution in [2.45, 2.75) is 33.6 Å². The van der Waals surface area contributed by atoms with E-state index >= 15 is 0 Å². The van der Waals surface area contributed by atoms with Gasteiger partial charge < -0.3 is 11.1 Å². The summed E-state index contributed by atoms with van der Waals surface area (Å²) in [5.74, 6) is 1.80. The quantitative estimate of drug-likeness (QED) is 0.781. The van der Waals surface area contributed by atoms with E-state index in [0.717, 1.165) is 11.8 Å². The summed E-state index contributed by atoms with van der Waals surface area (Å²) in [4.78, 5) is 22.7. The van der Waals surface area contributed by atoms with Gasteiger partial charge in [-0.3, -0.25) is 9.59 Å². The van der Waals surface area contributed by atoms with Gasteiger partial charge in [0.2, 0.25) is 11.8 Å². The fourth-order valence-corrected chi connectivity index (χ4v) is 4.59. The van der Waals surface area contributed by atoms with Crippen molar-refractivity contribution in [2.24, 2.45) is 40.2 Å². The molecule has 3 N–H and O–H groups in total. The predicted molar refractivity (Wildman–Crippen MR) is 67.3 cm³/mol. The first-order chi connectivity index (χ1) is 8.28. The summed E-state index contributed by atoms with van der Waals surface area (Å²) in [5, 5.41) is 2.66. The lowest BCUT2D eigenvalue weighted by Gasteiger charge is -2.15. The minimum atomic E-state index is -0.471. The number of nitrogens with one attached hydrogen (secondary N) is 1. The molecule has 3 fully saturated rings. The summed E-state index contributed by atoms with van der Waals surface area (Å²) in [6.45, 7) is 6.89. The molecule has 100 valence electrons. The van der Waals surface area contributed by atoms with Gasteiger partial charge in [-0.2, -0.15) is 0 Å². The largest absolute Gasteiger partial charge is 0.368 e. The van der Waals surface area contributed by atoms with Crippen LogP contribution in [-0.2, 0) is 9.59 Å². The molecule has 3 aliphatic carbocycles. The molecule has 0 aliphatic heterocycles. The summed E-state index contributed by atoms with van der Waals surface area (Å²) >= 11 is 0. The van der Waals surface area contributed by atoms with E-state index in [1.54, 1.807) is 0 Å². The highest BCUT2D eigenvalue weighted by Crippen LogP contribution is 2.78. The minimum Gasteiger partial charge on any atom is -0.368 e. The van der Waals surface area contributed by atoms with Crippen LogP contribution in [0.4, 0.5) is 0 Å². The zero-order valence-electron chi connectivity index (χ0n) is 11.3. The van der Waals surface area contributed by atoms with Crippen LogP contribution in [0, 0.1) is 34.5 Å². The van der Waals surface area contributed by atoms with E-state index in [0.29, 0.717) is 11.3 Å². The Morgan fingerprint density at radius 2 is 1.89 bits per heavy atom. The van der Waals surface area contributed by atoms with Crippen LogP contribution >= 0.6 is 0 Å². The Bertz CT molecular complexity index is 432. The van der Waals surface area contributed by atoms with Gasteiger partial charge >= 0.3 is 0 Å². The van der Waals surface area contributed by atoms with Crippen LogP contribution in [0.5, 0.6) is 0 Å². The third-order valence-electron chi connectivity index (χ3n) is 6.03. The van der Waals surface area contributed by atoms with Crippen LogP contribution in [0.2, 0.25) is 0 Å². The summed E-state index contributed by atoms with van der Waals surface area (Å²) < 4.78 is 0. The Morgan fingerprint density at radius 1 is 1.22 bits per heavy atom. The lowest BCUT2D eigenvalue weighted by atomic mass is 9.89. The first kappa shape index (κ1) is 12.0. The van der Waals surface area contributed by atoms with Crippen molar-refractivity contribution in [3.05, 3.63) is 0 Å². The summed E-state index contributed by atoms with van der Waals surface area (Å²) in [5.41, 5.74) is 5.72. The maximum absolute atomic E-state index is 12.0. The van der Waals surface area contributed by atoms with Gasteiger partial charge in [0.05, 0.1) is 6.54 Å². The van der Waals surface area contributed by atoms with Crippen molar-refractivity contribution in [2.75, 3.05) is 6.54 Å². The third-order valence-corrected chi connectivity index (χ3v) is 6.03. The van der Waals surface area contributed by atoms with Gasteiger partial charge in [-0.05, 0) is 41.4 Å². The molecule has 4 nitrogen and oxygen atoms in total. The highest BCUT2D eigenvalue weighted by Gasteiger charge is 2.75. The molecule has 0 saturated heterocycles. The van der Waals surface area contributed by atoms with Gasteiger partial charge in [0.1, 0.15) is 0 Å². The van der Waals surface area contributed by atoms with E-state index in [9.17, 15) is 9.59 Å². The molecule has 1 unspecified atom stereocenters. The lowest BCUT2D eigenvalue weighted by molar-refractivity contribution is -0.126. The second kappa shape index (κ2) is 3.28. The highest BCUT2D eigenvalue weighted by atomic mass is 16.2. The van der Waals surface area contributed by atoms with E-state index in [4.69, 9.17) is 5.73 Å². The lowest BCUT2D eigenvalue weighted by Crippen LogP contribution is -2.35. The molecule has 4 heteroatoms. The summed E-state index contributed by atoms with van der Waals surface area (Å²) in [6.07, 6.45) is 2.35. The molecule has 18 heavy (non-hydrogen) atoms. The van der Waals surface area contributed by atoms with Crippen LogP contribution < -0.4 is 11.1 Å². The second-order valence-corrected chi connectivity index (χ2v) is 7.25. The molecule has 5 atom stereocenters. The number of amides is 2. The molecule has 0 radical (unpaired) electrons. The number of fused-ring (bicyclic) bond motifs is 2. The van der Waals surface area contributed by atoms with Crippen molar-refractivity contribution in [3.8, 4) is 0 Å². The molecule has 0 aromatic heterocycles. The Kier molecular flexibility index (Phi) is 2.19. The average Bonchev–Trinajstić information content (AvgIpc) is 3.04. The fourth-order valence-electron chi connectivity index (χ4n) is 4.59. The molecule has 0 bridgehead atoms. The number of hydrogen-bond acceptors (Lipinski definition) is 2. The summed E-state index contributed by atoms with van der Waals surface area (Å²) in [6, 6.07) is 0. The Labute approximate surface area is 108 Å². The Hall–Kier alpha value is -1.06. The van der Waals surface area contributed by atoms with Crippen molar-refractivity contribution >= 4 is 11.8 Å². The van der Waals surface area contributed by atoms with Gasteiger partial charge in [-0.1, -0.05) is 20.8 Å². The van der Waals surface area contributed by atoms with E-state index in [-0.39, 0.29) is 23.8 Å². The number of primary amides is 1. The van der Waals surface area contributed by atoms with Gasteiger partial charge in [0.15, 0.2) is 0 Å². The fraction of sp³-hybridized carbons (Fsp3) is 0.857.